The summed E-state index contributed by atoms with van der Waals surface area (Å²) in [5.74, 6) is 4.31. The lowest BCUT2D eigenvalue weighted by Crippen LogP contribution is -2.34. The molecule has 112 valence electrons. The van der Waals surface area contributed by atoms with Gasteiger partial charge in [0.2, 0.25) is 0 Å². The van der Waals surface area contributed by atoms with E-state index in [1.807, 2.05) is 23.9 Å². The molecule has 0 aromatic heterocycles. The van der Waals surface area contributed by atoms with Gasteiger partial charge in [-0.3, -0.25) is 0 Å². The number of rotatable bonds is 7. The summed E-state index contributed by atoms with van der Waals surface area (Å²) >= 11 is 2.01. The highest BCUT2D eigenvalue weighted by Gasteiger charge is 2.23. The van der Waals surface area contributed by atoms with Gasteiger partial charge in [0.05, 0.1) is 13.7 Å². The molecule has 0 radical (unpaired) electrons. The molecule has 0 amide bonds. The maximum atomic E-state index is 5.73. The van der Waals surface area contributed by atoms with Gasteiger partial charge >= 0.3 is 0 Å². The molecule has 1 aliphatic rings. The molecule has 1 aromatic carbocycles. The first-order chi connectivity index (χ1) is 9.74. The fraction of sp³-hybridized carbons (Fsp3) is 0.625. The topological polar surface area (TPSA) is 30.5 Å². The smallest absolute Gasteiger partial charge is 0.124 e. The van der Waals surface area contributed by atoms with E-state index in [4.69, 9.17) is 9.47 Å². The van der Waals surface area contributed by atoms with E-state index in [0.717, 1.165) is 24.5 Å². The van der Waals surface area contributed by atoms with Gasteiger partial charge in [0.15, 0.2) is 0 Å². The second kappa shape index (κ2) is 7.79. The Kier molecular flexibility index (Phi) is 6.05. The molecule has 4 heteroatoms. The molecule has 0 spiro atoms. The fourth-order valence-electron chi connectivity index (χ4n) is 2.50. The summed E-state index contributed by atoms with van der Waals surface area (Å²) in [5, 5.41) is 3.74. The van der Waals surface area contributed by atoms with Gasteiger partial charge < -0.3 is 14.8 Å². The van der Waals surface area contributed by atoms with Crippen LogP contribution in [-0.4, -0.2) is 31.3 Å². The maximum absolute atomic E-state index is 5.73. The maximum Gasteiger partial charge on any atom is 0.124 e. The van der Waals surface area contributed by atoms with Crippen LogP contribution in [0.3, 0.4) is 0 Å². The second-order valence-corrected chi connectivity index (χ2v) is 6.54. The molecule has 0 aliphatic carbocycles. The minimum Gasteiger partial charge on any atom is -0.497 e. The predicted octanol–water partition coefficient (Wildman–Crippen LogP) is 3.64. The number of methoxy groups -OCH3 is 1. The minimum absolute atomic E-state index is 0.371. The van der Waals surface area contributed by atoms with E-state index in [-0.39, 0.29) is 0 Å². The minimum atomic E-state index is 0.371. The SMILES string of the molecule is CCSCCC(C)NC1CCOc2ccc(OC)cc21. The summed E-state index contributed by atoms with van der Waals surface area (Å²) in [7, 11) is 1.71. The van der Waals surface area contributed by atoms with Crippen LogP contribution in [0.1, 0.15) is 38.3 Å². The van der Waals surface area contributed by atoms with Crippen molar-refractivity contribution in [2.75, 3.05) is 25.2 Å². The molecular weight excluding hydrogens is 270 g/mol. The van der Waals surface area contributed by atoms with E-state index in [1.54, 1.807) is 7.11 Å². The summed E-state index contributed by atoms with van der Waals surface area (Å²) < 4.78 is 11.1. The third-order valence-corrected chi connectivity index (χ3v) is 4.57. The van der Waals surface area contributed by atoms with E-state index < -0.39 is 0 Å². The highest BCUT2D eigenvalue weighted by molar-refractivity contribution is 7.99. The van der Waals surface area contributed by atoms with Gasteiger partial charge in [-0.15, -0.1) is 0 Å². The van der Waals surface area contributed by atoms with E-state index in [9.17, 15) is 0 Å². The first-order valence-corrected chi connectivity index (χ1v) is 8.54. The van der Waals surface area contributed by atoms with Gasteiger partial charge in [0.1, 0.15) is 11.5 Å². The van der Waals surface area contributed by atoms with Crippen molar-refractivity contribution >= 4 is 11.8 Å². The first kappa shape index (κ1) is 15.5. The quantitative estimate of drug-likeness (QED) is 0.778. The number of hydrogen-bond donors (Lipinski definition) is 1. The zero-order valence-corrected chi connectivity index (χ0v) is 13.5. The number of benzene rings is 1. The van der Waals surface area contributed by atoms with Gasteiger partial charge in [-0.05, 0) is 43.0 Å². The molecule has 0 saturated heterocycles. The lowest BCUT2D eigenvalue weighted by atomic mass is 9.99. The molecule has 1 aliphatic heterocycles. The number of nitrogens with one attached hydrogen (secondary N) is 1. The average molecular weight is 295 g/mol. The molecule has 0 bridgehead atoms. The lowest BCUT2D eigenvalue weighted by Gasteiger charge is -2.29. The largest absolute Gasteiger partial charge is 0.497 e. The van der Waals surface area contributed by atoms with Crippen molar-refractivity contribution in [2.24, 2.45) is 0 Å². The summed E-state index contributed by atoms with van der Waals surface area (Å²) in [6.07, 6.45) is 2.22. The zero-order chi connectivity index (χ0) is 14.4. The van der Waals surface area contributed by atoms with Crippen LogP contribution in [0.2, 0.25) is 0 Å². The van der Waals surface area contributed by atoms with Gasteiger partial charge in [-0.1, -0.05) is 6.92 Å². The zero-order valence-electron chi connectivity index (χ0n) is 12.6. The van der Waals surface area contributed by atoms with Crippen molar-refractivity contribution in [3.63, 3.8) is 0 Å². The third-order valence-electron chi connectivity index (χ3n) is 3.64. The summed E-state index contributed by atoms with van der Waals surface area (Å²) in [6, 6.07) is 6.97. The van der Waals surface area contributed by atoms with Crippen LogP contribution in [0.5, 0.6) is 11.5 Å². The highest BCUT2D eigenvalue weighted by Crippen LogP contribution is 2.35. The van der Waals surface area contributed by atoms with E-state index in [2.05, 4.69) is 25.2 Å². The van der Waals surface area contributed by atoms with Crippen molar-refractivity contribution in [3.8, 4) is 11.5 Å². The Morgan fingerprint density at radius 3 is 3.10 bits per heavy atom. The predicted molar refractivity (Wildman–Crippen MR) is 86.1 cm³/mol. The Labute approximate surface area is 126 Å². The van der Waals surface area contributed by atoms with Crippen molar-refractivity contribution < 1.29 is 9.47 Å². The third kappa shape index (κ3) is 4.06. The van der Waals surface area contributed by atoms with Crippen LogP contribution < -0.4 is 14.8 Å². The Bertz CT molecular complexity index is 425. The number of hydrogen-bond acceptors (Lipinski definition) is 4. The Hall–Kier alpha value is -0.870. The first-order valence-electron chi connectivity index (χ1n) is 7.39. The fourth-order valence-corrected chi connectivity index (χ4v) is 3.31. The normalized spacial score (nSPS) is 19.1. The number of ether oxygens (including phenoxy) is 2. The van der Waals surface area contributed by atoms with Gasteiger partial charge in [0.25, 0.3) is 0 Å². The van der Waals surface area contributed by atoms with Gasteiger partial charge in [0, 0.05) is 24.1 Å². The summed E-state index contributed by atoms with van der Waals surface area (Å²) in [6.45, 7) is 5.27. The molecule has 0 saturated carbocycles. The molecule has 2 atom stereocenters. The summed E-state index contributed by atoms with van der Waals surface area (Å²) in [4.78, 5) is 0. The number of thioether (sulfide) groups is 1. The van der Waals surface area contributed by atoms with Crippen LogP contribution >= 0.6 is 11.8 Å². The van der Waals surface area contributed by atoms with Crippen LogP contribution in [0.4, 0.5) is 0 Å². The number of fused-ring (bicyclic) bond motifs is 1. The van der Waals surface area contributed by atoms with Crippen LogP contribution in [0.25, 0.3) is 0 Å². The highest BCUT2D eigenvalue weighted by atomic mass is 32.2. The molecule has 1 aromatic rings. The molecule has 0 fully saturated rings. The van der Waals surface area contributed by atoms with Crippen molar-refractivity contribution in [1.29, 1.82) is 0 Å². The van der Waals surface area contributed by atoms with Crippen LogP contribution in [-0.2, 0) is 0 Å². The molecular formula is C16H25NO2S. The van der Waals surface area contributed by atoms with Crippen LogP contribution in [0.15, 0.2) is 18.2 Å². The second-order valence-electron chi connectivity index (χ2n) is 5.15. The molecule has 2 rings (SSSR count). The molecule has 20 heavy (non-hydrogen) atoms. The van der Waals surface area contributed by atoms with Gasteiger partial charge in [-0.2, -0.15) is 11.8 Å². The van der Waals surface area contributed by atoms with E-state index >= 15 is 0 Å². The Morgan fingerprint density at radius 2 is 2.35 bits per heavy atom. The van der Waals surface area contributed by atoms with E-state index in [1.165, 1.54) is 23.5 Å². The monoisotopic (exact) mass is 295 g/mol. The van der Waals surface area contributed by atoms with Crippen LogP contribution in [0, 0.1) is 0 Å². The van der Waals surface area contributed by atoms with E-state index in [0.29, 0.717) is 12.1 Å². The standard InChI is InChI=1S/C16H25NO2S/c1-4-20-10-8-12(2)17-15-7-9-19-16-6-5-13(18-3)11-14(15)16/h5-6,11-12,15,17H,4,7-10H2,1-3H3. The molecule has 3 nitrogen and oxygen atoms in total. The van der Waals surface area contributed by atoms with Crippen molar-refractivity contribution in [3.05, 3.63) is 23.8 Å². The van der Waals surface area contributed by atoms with Crippen molar-refractivity contribution in [2.45, 2.75) is 38.8 Å². The average Bonchev–Trinajstić information content (AvgIpc) is 2.47. The Morgan fingerprint density at radius 1 is 1.50 bits per heavy atom. The van der Waals surface area contributed by atoms with Gasteiger partial charge in [-0.25, -0.2) is 0 Å². The van der Waals surface area contributed by atoms with Crippen molar-refractivity contribution in [1.82, 2.24) is 5.32 Å². The summed E-state index contributed by atoms with van der Waals surface area (Å²) in [5.41, 5.74) is 1.23. The molecule has 1 heterocycles. The molecule has 1 N–H and O–H groups in total. The Balaban J connectivity index is 2.00. The lowest BCUT2D eigenvalue weighted by molar-refractivity contribution is 0.244. The molecule has 2 unspecified atom stereocenters.